The first-order valence-corrected chi connectivity index (χ1v) is 6.46. The fourth-order valence-electron chi connectivity index (χ4n) is 1.91. The van der Waals surface area contributed by atoms with Crippen molar-refractivity contribution >= 4 is 28.6 Å². The molecule has 2 aromatic rings. The summed E-state index contributed by atoms with van der Waals surface area (Å²) >= 11 is 1.34. The number of hydrogen-bond acceptors (Lipinski definition) is 8. The van der Waals surface area contributed by atoms with E-state index in [9.17, 15) is 0 Å². The Morgan fingerprint density at radius 3 is 2.33 bits per heavy atom. The molecule has 2 aromatic heterocycles. The first-order chi connectivity index (χ1) is 8.83. The molecule has 3 heterocycles. The summed E-state index contributed by atoms with van der Waals surface area (Å²) in [6, 6.07) is 1.82. The number of rotatable bonds is 2. The van der Waals surface area contributed by atoms with Crippen molar-refractivity contribution in [3.63, 3.8) is 0 Å². The van der Waals surface area contributed by atoms with E-state index in [0.717, 1.165) is 37.3 Å². The Balaban J connectivity index is 1.65. The minimum absolute atomic E-state index is 0.351. The van der Waals surface area contributed by atoms with Crippen molar-refractivity contribution in [3.05, 3.63) is 18.5 Å². The van der Waals surface area contributed by atoms with Crippen molar-refractivity contribution in [1.82, 2.24) is 19.3 Å². The SMILES string of the molecule is Nc1nsc(N2CCN(c3ncccn3)CC2)n1. The summed E-state index contributed by atoms with van der Waals surface area (Å²) in [7, 11) is 0. The molecule has 18 heavy (non-hydrogen) atoms. The Bertz CT molecular complexity index is 506. The molecule has 1 saturated heterocycles. The highest BCUT2D eigenvalue weighted by Gasteiger charge is 2.20. The molecule has 94 valence electrons. The molecule has 0 radical (unpaired) electrons. The molecule has 0 amide bonds. The van der Waals surface area contributed by atoms with Gasteiger partial charge in [-0.2, -0.15) is 9.36 Å². The van der Waals surface area contributed by atoms with Crippen LogP contribution in [0, 0.1) is 0 Å². The van der Waals surface area contributed by atoms with E-state index in [1.807, 2.05) is 6.07 Å². The monoisotopic (exact) mass is 263 g/mol. The average molecular weight is 263 g/mol. The number of anilines is 3. The van der Waals surface area contributed by atoms with Crippen LogP contribution in [0.1, 0.15) is 0 Å². The summed E-state index contributed by atoms with van der Waals surface area (Å²) < 4.78 is 4.00. The molecule has 0 aromatic carbocycles. The van der Waals surface area contributed by atoms with Crippen LogP contribution in [0.4, 0.5) is 17.0 Å². The minimum atomic E-state index is 0.351. The fraction of sp³-hybridized carbons (Fsp3) is 0.400. The second-order valence-electron chi connectivity index (χ2n) is 3.96. The van der Waals surface area contributed by atoms with Crippen molar-refractivity contribution in [1.29, 1.82) is 0 Å². The quantitative estimate of drug-likeness (QED) is 0.830. The van der Waals surface area contributed by atoms with Gasteiger partial charge in [0.1, 0.15) is 0 Å². The van der Waals surface area contributed by atoms with E-state index < -0.39 is 0 Å². The summed E-state index contributed by atoms with van der Waals surface area (Å²) in [6.07, 6.45) is 3.53. The third-order valence-electron chi connectivity index (χ3n) is 2.82. The Hall–Kier alpha value is -1.96. The molecule has 0 atom stereocenters. The van der Waals surface area contributed by atoms with Gasteiger partial charge in [-0.25, -0.2) is 9.97 Å². The van der Waals surface area contributed by atoms with Crippen LogP contribution >= 0.6 is 11.5 Å². The number of aromatic nitrogens is 4. The van der Waals surface area contributed by atoms with E-state index >= 15 is 0 Å². The molecule has 0 unspecified atom stereocenters. The number of nitrogens with zero attached hydrogens (tertiary/aromatic N) is 6. The second-order valence-corrected chi connectivity index (χ2v) is 4.69. The topological polar surface area (TPSA) is 84.1 Å². The Morgan fingerprint density at radius 2 is 1.72 bits per heavy atom. The van der Waals surface area contributed by atoms with Crippen molar-refractivity contribution in [2.45, 2.75) is 0 Å². The smallest absolute Gasteiger partial charge is 0.233 e. The van der Waals surface area contributed by atoms with E-state index in [1.165, 1.54) is 11.5 Å². The Morgan fingerprint density at radius 1 is 1.06 bits per heavy atom. The van der Waals surface area contributed by atoms with Gasteiger partial charge in [0.05, 0.1) is 0 Å². The summed E-state index contributed by atoms with van der Waals surface area (Å²) in [5.41, 5.74) is 5.53. The van der Waals surface area contributed by atoms with Crippen LogP contribution in [0.2, 0.25) is 0 Å². The summed E-state index contributed by atoms with van der Waals surface area (Å²) in [4.78, 5) is 17.1. The van der Waals surface area contributed by atoms with Crippen molar-refractivity contribution in [2.24, 2.45) is 0 Å². The van der Waals surface area contributed by atoms with Gasteiger partial charge in [-0.15, -0.1) is 0 Å². The molecule has 0 aliphatic carbocycles. The molecule has 3 rings (SSSR count). The van der Waals surface area contributed by atoms with E-state index in [1.54, 1.807) is 12.4 Å². The lowest BCUT2D eigenvalue weighted by molar-refractivity contribution is 0.639. The van der Waals surface area contributed by atoms with E-state index in [-0.39, 0.29) is 0 Å². The molecule has 7 nitrogen and oxygen atoms in total. The van der Waals surface area contributed by atoms with Crippen molar-refractivity contribution < 1.29 is 0 Å². The largest absolute Gasteiger partial charge is 0.367 e. The maximum Gasteiger partial charge on any atom is 0.233 e. The van der Waals surface area contributed by atoms with Crippen LogP contribution < -0.4 is 15.5 Å². The number of nitrogens with two attached hydrogens (primary N) is 1. The van der Waals surface area contributed by atoms with Gasteiger partial charge in [-0.1, -0.05) is 0 Å². The lowest BCUT2D eigenvalue weighted by Gasteiger charge is -2.34. The molecule has 0 saturated carbocycles. The summed E-state index contributed by atoms with van der Waals surface area (Å²) in [5, 5.41) is 0.890. The molecule has 0 bridgehead atoms. The van der Waals surface area contributed by atoms with Crippen LogP contribution in [0.15, 0.2) is 18.5 Å². The number of hydrogen-bond donors (Lipinski definition) is 1. The first kappa shape index (κ1) is 11.1. The van der Waals surface area contributed by atoms with Crippen LogP contribution in [-0.4, -0.2) is 45.5 Å². The normalized spacial score (nSPS) is 16.0. The fourth-order valence-corrected chi connectivity index (χ4v) is 2.56. The highest BCUT2D eigenvalue weighted by molar-refractivity contribution is 7.09. The Labute approximate surface area is 108 Å². The van der Waals surface area contributed by atoms with Crippen LogP contribution in [0.3, 0.4) is 0 Å². The maximum absolute atomic E-state index is 5.53. The van der Waals surface area contributed by atoms with Gasteiger partial charge in [0, 0.05) is 50.1 Å². The third kappa shape index (κ3) is 2.19. The van der Waals surface area contributed by atoms with Crippen LogP contribution in [0.25, 0.3) is 0 Å². The van der Waals surface area contributed by atoms with E-state index in [2.05, 4.69) is 29.1 Å². The predicted molar refractivity (Wildman–Crippen MR) is 70.8 cm³/mol. The summed E-state index contributed by atoms with van der Waals surface area (Å²) in [6.45, 7) is 3.52. The molecule has 2 N–H and O–H groups in total. The molecular weight excluding hydrogens is 250 g/mol. The Kier molecular flexibility index (Phi) is 2.93. The van der Waals surface area contributed by atoms with Gasteiger partial charge < -0.3 is 15.5 Å². The number of nitrogen functional groups attached to an aromatic ring is 1. The summed E-state index contributed by atoms with van der Waals surface area (Å²) in [5.74, 6) is 1.14. The van der Waals surface area contributed by atoms with Crippen LogP contribution in [-0.2, 0) is 0 Å². The molecule has 1 fully saturated rings. The predicted octanol–water partition coefficient (Wildman–Crippen LogP) is 0.237. The van der Waals surface area contributed by atoms with Gasteiger partial charge in [-0.3, -0.25) is 0 Å². The van der Waals surface area contributed by atoms with Gasteiger partial charge in [0.2, 0.25) is 17.0 Å². The van der Waals surface area contributed by atoms with E-state index in [0.29, 0.717) is 5.95 Å². The van der Waals surface area contributed by atoms with Crippen molar-refractivity contribution in [3.8, 4) is 0 Å². The molecule has 1 aliphatic heterocycles. The lowest BCUT2D eigenvalue weighted by atomic mass is 10.3. The molecule has 1 aliphatic rings. The lowest BCUT2D eigenvalue weighted by Crippen LogP contribution is -2.47. The van der Waals surface area contributed by atoms with E-state index in [4.69, 9.17) is 5.73 Å². The van der Waals surface area contributed by atoms with Gasteiger partial charge >= 0.3 is 0 Å². The molecular formula is C10H13N7S. The molecule has 0 spiro atoms. The third-order valence-corrected chi connectivity index (χ3v) is 3.61. The van der Waals surface area contributed by atoms with Crippen LogP contribution in [0.5, 0.6) is 0 Å². The average Bonchev–Trinajstić information content (AvgIpc) is 2.87. The first-order valence-electron chi connectivity index (χ1n) is 5.69. The number of piperazine rings is 1. The second kappa shape index (κ2) is 4.73. The zero-order valence-corrected chi connectivity index (χ0v) is 10.5. The van der Waals surface area contributed by atoms with Gasteiger partial charge in [-0.05, 0) is 6.07 Å². The zero-order chi connectivity index (χ0) is 12.4. The maximum atomic E-state index is 5.53. The zero-order valence-electron chi connectivity index (χ0n) is 9.73. The standard InChI is InChI=1S/C10H13N7S/c11-8-14-10(18-15-8)17-6-4-16(5-7-17)9-12-2-1-3-13-9/h1-3H,4-7H2,(H2,11,15). The van der Waals surface area contributed by atoms with Gasteiger partial charge in [0.25, 0.3) is 0 Å². The highest BCUT2D eigenvalue weighted by atomic mass is 32.1. The van der Waals surface area contributed by atoms with Crippen molar-refractivity contribution in [2.75, 3.05) is 41.7 Å². The highest BCUT2D eigenvalue weighted by Crippen LogP contribution is 2.20. The molecule has 8 heteroatoms. The van der Waals surface area contributed by atoms with Gasteiger partial charge in [0.15, 0.2) is 0 Å². The minimum Gasteiger partial charge on any atom is -0.367 e.